The summed E-state index contributed by atoms with van der Waals surface area (Å²) in [4.78, 5) is 4.10. The summed E-state index contributed by atoms with van der Waals surface area (Å²) in [7, 11) is 0. The highest BCUT2D eigenvalue weighted by Gasteiger charge is 1.96. The molecule has 0 radical (unpaired) electrons. The van der Waals surface area contributed by atoms with Gasteiger partial charge in [0.25, 0.3) is 0 Å². The molecule has 0 aliphatic heterocycles. The monoisotopic (exact) mass is 198 g/mol. The van der Waals surface area contributed by atoms with E-state index in [1.165, 1.54) is 16.7 Å². The van der Waals surface area contributed by atoms with Gasteiger partial charge in [-0.15, -0.1) is 0 Å². The number of hydrogen-bond donors (Lipinski definition) is 1. The Morgan fingerprint density at radius 1 is 1.00 bits per heavy atom. The molecule has 0 aliphatic rings. The molecule has 1 aromatic heterocycles. The van der Waals surface area contributed by atoms with Gasteiger partial charge in [0.2, 0.25) is 0 Å². The number of aromatic nitrogens is 1. The van der Waals surface area contributed by atoms with E-state index in [1.54, 1.807) is 6.20 Å². The smallest absolute Gasteiger partial charge is 0.0303 e. The quantitative estimate of drug-likeness (QED) is 0.820. The van der Waals surface area contributed by atoms with Crippen LogP contribution >= 0.6 is 0 Å². The molecule has 0 saturated carbocycles. The lowest BCUT2D eigenvalue weighted by atomic mass is 10.0. The number of rotatable bonds is 3. The van der Waals surface area contributed by atoms with Crippen molar-refractivity contribution in [3.05, 3.63) is 65.5 Å². The maximum absolute atomic E-state index is 5.60. The molecule has 0 unspecified atom stereocenters. The molecular weight excluding hydrogens is 184 g/mol. The molecule has 2 N–H and O–H groups in total. The van der Waals surface area contributed by atoms with Gasteiger partial charge in [-0.25, -0.2) is 0 Å². The van der Waals surface area contributed by atoms with Crippen molar-refractivity contribution in [3.63, 3.8) is 0 Å². The summed E-state index contributed by atoms with van der Waals surface area (Å²) >= 11 is 0. The van der Waals surface area contributed by atoms with Crippen LogP contribution in [0.15, 0.2) is 48.8 Å². The van der Waals surface area contributed by atoms with Crippen LogP contribution < -0.4 is 5.73 Å². The molecule has 1 aromatic carbocycles. The first kappa shape index (κ1) is 9.87. The molecule has 2 rings (SSSR count). The van der Waals surface area contributed by atoms with E-state index in [4.69, 9.17) is 5.73 Å². The molecule has 0 fully saturated rings. The van der Waals surface area contributed by atoms with Crippen LogP contribution in [0.3, 0.4) is 0 Å². The Morgan fingerprint density at radius 2 is 1.80 bits per heavy atom. The Kier molecular flexibility index (Phi) is 3.10. The van der Waals surface area contributed by atoms with Crippen LogP contribution in [-0.4, -0.2) is 4.98 Å². The fraction of sp³-hybridized carbons (Fsp3) is 0.154. The lowest BCUT2D eigenvalue weighted by Crippen LogP contribution is -1.97. The maximum Gasteiger partial charge on any atom is 0.0303 e. The van der Waals surface area contributed by atoms with E-state index >= 15 is 0 Å². The third-order valence-corrected chi connectivity index (χ3v) is 2.36. The molecule has 76 valence electrons. The molecule has 0 spiro atoms. The zero-order valence-corrected chi connectivity index (χ0v) is 8.56. The number of pyridine rings is 1. The Balaban J connectivity index is 2.17. The zero-order valence-electron chi connectivity index (χ0n) is 8.56. The first-order valence-electron chi connectivity index (χ1n) is 5.05. The van der Waals surface area contributed by atoms with Crippen molar-refractivity contribution in [1.29, 1.82) is 0 Å². The van der Waals surface area contributed by atoms with Crippen molar-refractivity contribution in [2.45, 2.75) is 13.0 Å². The van der Waals surface area contributed by atoms with E-state index in [0.29, 0.717) is 6.54 Å². The van der Waals surface area contributed by atoms with Gasteiger partial charge in [-0.05, 0) is 29.2 Å². The molecule has 0 atom stereocenters. The summed E-state index contributed by atoms with van der Waals surface area (Å²) in [6.45, 7) is 0.598. The van der Waals surface area contributed by atoms with Crippen LogP contribution in [0.5, 0.6) is 0 Å². The molecule has 0 aliphatic carbocycles. The first-order chi connectivity index (χ1) is 7.38. The van der Waals surface area contributed by atoms with E-state index < -0.39 is 0 Å². The van der Waals surface area contributed by atoms with Gasteiger partial charge >= 0.3 is 0 Å². The third kappa shape index (κ3) is 2.64. The topological polar surface area (TPSA) is 38.9 Å². The van der Waals surface area contributed by atoms with Crippen LogP contribution in [-0.2, 0) is 13.0 Å². The first-order valence-corrected chi connectivity index (χ1v) is 5.05. The van der Waals surface area contributed by atoms with E-state index in [0.717, 1.165) is 6.42 Å². The minimum Gasteiger partial charge on any atom is -0.326 e. The average Bonchev–Trinajstić information content (AvgIpc) is 2.31. The molecule has 0 amide bonds. The van der Waals surface area contributed by atoms with E-state index in [9.17, 15) is 0 Å². The van der Waals surface area contributed by atoms with Gasteiger partial charge in [0.05, 0.1) is 0 Å². The summed E-state index contributed by atoms with van der Waals surface area (Å²) in [6.07, 6.45) is 4.61. The third-order valence-electron chi connectivity index (χ3n) is 2.36. The molecule has 2 nitrogen and oxygen atoms in total. The highest BCUT2D eigenvalue weighted by Crippen LogP contribution is 2.10. The van der Waals surface area contributed by atoms with Crippen LogP contribution in [0, 0.1) is 0 Å². The maximum atomic E-state index is 5.60. The van der Waals surface area contributed by atoms with Crippen molar-refractivity contribution in [2.75, 3.05) is 0 Å². The van der Waals surface area contributed by atoms with Gasteiger partial charge in [0, 0.05) is 18.9 Å². The van der Waals surface area contributed by atoms with Crippen molar-refractivity contribution >= 4 is 0 Å². The summed E-state index contributed by atoms with van der Waals surface area (Å²) in [5.41, 5.74) is 9.29. The van der Waals surface area contributed by atoms with Crippen molar-refractivity contribution in [1.82, 2.24) is 4.98 Å². The Hall–Kier alpha value is -1.67. The SMILES string of the molecule is NCc1cccc(Cc2cccnc2)c1. The van der Waals surface area contributed by atoms with Crippen LogP contribution in [0.1, 0.15) is 16.7 Å². The van der Waals surface area contributed by atoms with Gasteiger partial charge in [0.15, 0.2) is 0 Å². The number of benzene rings is 1. The molecule has 2 heteroatoms. The minimum absolute atomic E-state index is 0.598. The summed E-state index contributed by atoms with van der Waals surface area (Å²) < 4.78 is 0. The molecular formula is C13H14N2. The molecule has 0 bridgehead atoms. The second-order valence-corrected chi connectivity index (χ2v) is 3.56. The molecule has 15 heavy (non-hydrogen) atoms. The Bertz CT molecular complexity index is 424. The van der Waals surface area contributed by atoms with E-state index in [1.807, 2.05) is 24.4 Å². The summed E-state index contributed by atoms with van der Waals surface area (Å²) in [5, 5.41) is 0. The van der Waals surface area contributed by atoms with E-state index in [-0.39, 0.29) is 0 Å². The van der Waals surface area contributed by atoms with Crippen molar-refractivity contribution in [3.8, 4) is 0 Å². The van der Waals surface area contributed by atoms with Gasteiger partial charge < -0.3 is 5.73 Å². The second kappa shape index (κ2) is 4.71. The predicted molar refractivity (Wildman–Crippen MR) is 61.4 cm³/mol. The van der Waals surface area contributed by atoms with Gasteiger partial charge in [-0.1, -0.05) is 30.3 Å². The lowest BCUT2D eigenvalue weighted by Gasteiger charge is -2.03. The highest BCUT2D eigenvalue weighted by atomic mass is 14.6. The average molecular weight is 198 g/mol. The summed E-state index contributed by atoms with van der Waals surface area (Å²) in [5.74, 6) is 0. The zero-order chi connectivity index (χ0) is 10.5. The van der Waals surface area contributed by atoms with Gasteiger partial charge in [-0.3, -0.25) is 4.98 Å². The minimum atomic E-state index is 0.598. The fourth-order valence-electron chi connectivity index (χ4n) is 1.60. The van der Waals surface area contributed by atoms with Crippen molar-refractivity contribution in [2.24, 2.45) is 5.73 Å². The summed E-state index contributed by atoms with van der Waals surface area (Å²) in [6, 6.07) is 12.4. The Labute approximate surface area is 89.8 Å². The number of nitrogens with two attached hydrogens (primary N) is 1. The van der Waals surface area contributed by atoms with Crippen LogP contribution in [0.4, 0.5) is 0 Å². The predicted octanol–water partition coefficient (Wildman–Crippen LogP) is 2.13. The number of nitrogens with zero attached hydrogens (tertiary/aromatic N) is 1. The largest absolute Gasteiger partial charge is 0.326 e. The highest BCUT2D eigenvalue weighted by molar-refractivity contribution is 5.28. The standard InChI is InChI=1S/C13H14N2/c14-9-12-4-1-3-11(7-12)8-13-5-2-6-15-10-13/h1-7,10H,8-9,14H2. The lowest BCUT2D eigenvalue weighted by molar-refractivity contribution is 1.05. The normalized spacial score (nSPS) is 10.2. The fourth-order valence-corrected chi connectivity index (χ4v) is 1.60. The number of hydrogen-bond acceptors (Lipinski definition) is 2. The van der Waals surface area contributed by atoms with Gasteiger partial charge in [0.1, 0.15) is 0 Å². The molecule has 0 saturated heterocycles. The Morgan fingerprint density at radius 3 is 2.53 bits per heavy atom. The van der Waals surface area contributed by atoms with Crippen molar-refractivity contribution < 1.29 is 0 Å². The van der Waals surface area contributed by atoms with Gasteiger partial charge in [-0.2, -0.15) is 0 Å². The second-order valence-electron chi connectivity index (χ2n) is 3.56. The molecule has 1 heterocycles. The van der Waals surface area contributed by atoms with Crippen LogP contribution in [0.25, 0.3) is 0 Å². The van der Waals surface area contributed by atoms with E-state index in [2.05, 4.69) is 23.2 Å². The van der Waals surface area contributed by atoms with Crippen LogP contribution in [0.2, 0.25) is 0 Å². The molecule has 2 aromatic rings.